The molecule has 0 atom stereocenters. The van der Waals surface area contributed by atoms with Gasteiger partial charge < -0.3 is 15.4 Å². The van der Waals surface area contributed by atoms with E-state index in [4.69, 9.17) is 4.74 Å². The fourth-order valence-corrected chi connectivity index (χ4v) is 2.39. The zero-order chi connectivity index (χ0) is 18.4. The van der Waals surface area contributed by atoms with E-state index in [0.717, 1.165) is 16.9 Å². The van der Waals surface area contributed by atoms with Crippen molar-refractivity contribution in [1.29, 1.82) is 0 Å². The quantitative estimate of drug-likeness (QED) is 0.665. The van der Waals surface area contributed by atoms with Gasteiger partial charge >= 0.3 is 0 Å². The van der Waals surface area contributed by atoms with Gasteiger partial charge in [-0.05, 0) is 61.0 Å². The van der Waals surface area contributed by atoms with Crippen LogP contribution in [0, 0.1) is 12.7 Å². The van der Waals surface area contributed by atoms with Crippen LogP contribution < -0.4 is 15.4 Å². The van der Waals surface area contributed by atoms with Crippen molar-refractivity contribution in [3.63, 3.8) is 0 Å². The summed E-state index contributed by atoms with van der Waals surface area (Å²) in [6.45, 7) is 1.65. The van der Waals surface area contributed by atoms with Crippen LogP contribution in [0.3, 0.4) is 0 Å². The minimum atomic E-state index is -0.395. The lowest BCUT2D eigenvalue weighted by Crippen LogP contribution is -2.20. The molecule has 0 heterocycles. The minimum Gasteiger partial charge on any atom is -0.484 e. The van der Waals surface area contributed by atoms with E-state index < -0.39 is 5.82 Å². The number of carbonyl (C=O) groups is 1. The van der Waals surface area contributed by atoms with Crippen LogP contribution >= 0.6 is 0 Å². The Balaban J connectivity index is 1.53. The van der Waals surface area contributed by atoms with Crippen LogP contribution in [0.25, 0.3) is 0 Å². The summed E-state index contributed by atoms with van der Waals surface area (Å²) >= 11 is 0. The van der Waals surface area contributed by atoms with Crippen molar-refractivity contribution < 1.29 is 13.9 Å². The average molecular weight is 350 g/mol. The van der Waals surface area contributed by atoms with Gasteiger partial charge in [0.2, 0.25) is 0 Å². The number of rotatable bonds is 6. The van der Waals surface area contributed by atoms with E-state index in [9.17, 15) is 9.18 Å². The topological polar surface area (TPSA) is 50.4 Å². The molecule has 132 valence electrons. The summed E-state index contributed by atoms with van der Waals surface area (Å²) in [4.78, 5) is 12.0. The van der Waals surface area contributed by atoms with Gasteiger partial charge in [0.15, 0.2) is 6.61 Å². The van der Waals surface area contributed by atoms with Crippen LogP contribution in [0.5, 0.6) is 5.75 Å². The molecule has 0 aliphatic carbocycles. The van der Waals surface area contributed by atoms with Crippen LogP contribution in [0.4, 0.5) is 21.5 Å². The molecule has 5 heteroatoms. The van der Waals surface area contributed by atoms with Gasteiger partial charge in [-0.25, -0.2) is 4.39 Å². The summed E-state index contributed by atoms with van der Waals surface area (Å²) in [5, 5.41) is 5.92. The summed E-state index contributed by atoms with van der Waals surface area (Å²) in [5.41, 5.74) is 3.14. The second-order valence-electron chi connectivity index (χ2n) is 5.81. The van der Waals surface area contributed by atoms with E-state index in [1.807, 2.05) is 42.5 Å². The third-order valence-electron chi connectivity index (χ3n) is 3.76. The molecule has 0 saturated heterocycles. The Morgan fingerprint density at radius 2 is 1.65 bits per heavy atom. The fraction of sp³-hybridized carbons (Fsp3) is 0.0952. The van der Waals surface area contributed by atoms with Crippen molar-refractivity contribution in [2.75, 3.05) is 17.2 Å². The van der Waals surface area contributed by atoms with Crippen LogP contribution in [0.15, 0.2) is 72.8 Å². The zero-order valence-corrected chi connectivity index (χ0v) is 14.3. The van der Waals surface area contributed by atoms with Gasteiger partial charge in [0.1, 0.15) is 11.6 Å². The molecule has 3 aromatic carbocycles. The van der Waals surface area contributed by atoms with Crippen LogP contribution in [-0.4, -0.2) is 12.5 Å². The molecule has 0 saturated carbocycles. The highest BCUT2D eigenvalue weighted by Crippen LogP contribution is 2.20. The summed E-state index contributed by atoms with van der Waals surface area (Å²) in [7, 11) is 0. The highest BCUT2D eigenvalue weighted by atomic mass is 19.1. The first-order valence-corrected chi connectivity index (χ1v) is 8.21. The van der Waals surface area contributed by atoms with E-state index in [-0.39, 0.29) is 12.5 Å². The van der Waals surface area contributed by atoms with Crippen molar-refractivity contribution in [2.24, 2.45) is 0 Å². The number of carbonyl (C=O) groups excluding carboxylic acids is 1. The molecule has 4 nitrogen and oxygen atoms in total. The second-order valence-corrected chi connectivity index (χ2v) is 5.81. The lowest BCUT2D eigenvalue weighted by molar-refractivity contribution is -0.118. The third kappa shape index (κ3) is 4.83. The lowest BCUT2D eigenvalue weighted by Gasteiger charge is -2.11. The van der Waals surface area contributed by atoms with E-state index in [1.54, 1.807) is 25.1 Å². The van der Waals surface area contributed by atoms with Crippen LogP contribution in [0.1, 0.15) is 5.56 Å². The third-order valence-corrected chi connectivity index (χ3v) is 3.76. The standard InChI is InChI=1S/C21H19FN2O2/c1-15-7-8-16(22)13-20(15)24-21(25)14-26-19-11-9-18(10-12-19)23-17-5-3-2-4-6-17/h2-13,23H,14H2,1H3,(H,24,25). The zero-order valence-electron chi connectivity index (χ0n) is 14.3. The van der Waals surface area contributed by atoms with E-state index in [2.05, 4.69) is 10.6 Å². The Kier molecular flexibility index (Phi) is 5.49. The number of hydrogen-bond donors (Lipinski definition) is 2. The number of para-hydroxylation sites is 1. The molecule has 0 aromatic heterocycles. The molecular weight excluding hydrogens is 331 g/mol. The van der Waals surface area contributed by atoms with Gasteiger partial charge in [-0.2, -0.15) is 0 Å². The maximum absolute atomic E-state index is 13.3. The van der Waals surface area contributed by atoms with Gasteiger partial charge in [-0.1, -0.05) is 24.3 Å². The fourth-order valence-electron chi connectivity index (χ4n) is 2.39. The molecule has 0 radical (unpaired) electrons. The lowest BCUT2D eigenvalue weighted by atomic mass is 10.2. The van der Waals surface area contributed by atoms with Crippen molar-refractivity contribution in [3.05, 3.63) is 84.2 Å². The predicted octanol–water partition coefficient (Wildman–Crippen LogP) is 4.90. The number of anilines is 3. The molecular formula is C21H19FN2O2. The minimum absolute atomic E-state index is 0.151. The monoisotopic (exact) mass is 350 g/mol. The van der Waals surface area contributed by atoms with Gasteiger partial charge in [0.25, 0.3) is 5.91 Å². The number of aryl methyl sites for hydroxylation is 1. The molecule has 0 aliphatic heterocycles. The summed E-state index contributed by atoms with van der Waals surface area (Å²) in [5.74, 6) is -0.159. The Bertz CT molecular complexity index is 880. The SMILES string of the molecule is Cc1ccc(F)cc1NC(=O)COc1ccc(Nc2ccccc2)cc1. The molecule has 0 aliphatic rings. The van der Waals surface area contributed by atoms with Crippen molar-refractivity contribution in [3.8, 4) is 5.75 Å². The van der Waals surface area contributed by atoms with Gasteiger partial charge in [-0.15, -0.1) is 0 Å². The van der Waals surface area contributed by atoms with Crippen molar-refractivity contribution in [2.45, 2.75) is 6.92 Å². The Morgan fingerprint density at radius 1 is 0.962 bits per heavy atom. The Hall–Kier alpha value is -3.34. The van der Waals surface area contributed by atoms with E-state index in [1.165, 1.54) is 12.1 Å². The number of halogens is 1. The van der Waals surface area contributed by atoms with Crippen LogP contribution in [0.2, 0.25) is 0 Å². The number of ether oxygens (including phenoxy) is 1. The average Bonchev–Trinajstić information content (AvgIpc) is 2.65. The smallest absolute Gasteiger partial charge is 0.262 e. The van der Waals surface area contributed by atoms with Gasteiger partial charge in [0, 0.05) is 17.1 Å². The van der Waals surface area contributed by atoms with Gasteiger partial charge in [0.05, 0.1) is 0 Å². The molecule has 2 N–H and O–H groups in total. The molecule has 3 aromatic rings. The van der Waals surface area contributed by atoms with E-state index >= 15 is 0 Å². The highest BCUT2D eigenvalue weighted by Gasteiger charge is 2.07. The van der Waals surface area contributed by atoms with Crippen LogP contribution in [-0.2, 0) is 4.79 Å². The first-order chi connectivity index (χ1) is 12.6. The molecule has 0 fully saturated rings. The summed E-state index contributed by atoms with van der Waals surface area (Å²) < 4.78 is 18.7. The number of amides is 1. The summed E-state index contributed by atoms with van der Waals surface area (Å²) in [6.07, 6.45) is 0. The molecule has 0 unspecified atom stereocenters. The highest BCUT2D eigenvalue weighted by molar-refractivity contribution is 5.92. The maximum Gasteiger partial charge on any atom is 0.262 e. The number of hydrogen-bond acceptors (Lipinski definition) is 3. The van der Waals surface area contributed by atoms with Crippen molar-refractivity contribution >= 4 is 23.0 Å². The normalized spacial score (nSPS) is 10.2. The molecule has 1 amide bonds. The number of benzene rings is 3. The van der Waals surface area contributed by atoms with Gasteiger partial charge in [-0.3, -0.25) is 4.79 Å². The first-order valence-electron chi connectivity index (χ1n) is 8.21. The molecule has 3 rings (SSSR count). The first kappa shape index (κ1) is 17.5. The summed E-state index contributed by atoms with van der Waals surface area (Å²) in [6, 6.07) is 21.4. The molecule has 0 spiro atoms. The molecule has 26 heavy (non-hydrogen) atoms. The molecule has 0 bridgehead atoms. The Labute approximate surface area is 151 Å². The van der Waals surface area contributed by atoms with Crippen molar-refractivity contribution in [1.82, 2.24) is 0 Å². The second kappa shape index (κ2) is 8.16. The maximum atomic E-state index is 13.3. The Morgan fingerprint density at radius 3 is 2.38 bits per heavy atom. The van der Waals surface area contributed by atoms with E-state index in [0.29, 0.717) is 11.4 Å². The number of nitrogens with one attached hydrogen (secondary N) is 2. The predicted molar refractivity (Wildman–Crippen MR) is 101 cm³/mol. The largest absolute Gasteiger partial charge is 0.484 e.